The van der Waals surface area contributed by atoms with Crippen LogP contribution < -0.4 is 10.2 Å². The summed E-state index contributed by atoms with van der Waals surface area (Å²) < 4.78 is 11.4. The maximum absolute atomic E-state index is 13.2. The van der Waals surface area contributed by atoms with Crippen molar-refractivity contribution in [3.8, 4) is 28.0 Å². The lowest BCUT2D eigenvalue weighted by Gasteiger charge is -2.12. The fourth-order valence-corrected chi connectivity index (χ4v) is 3.72. The quantitative estimate of drug-likeness (QED) is 0.346. The Balaban J connectivity index is 1.88. The summed E-state index contributed by atoms with van der Waals surface area (Å²) in [5.74, 6) is 0.657. The molecule has 5 aromatic rings. The van der Waals surface area contributed by atoms with Crippen molar-refractivity contribution in [2.75, 3.05) is 7.11 Å². The van der Waals surface area contributed by atoms with Gasteiger partial charge in [0.1, 0.15) is 16.9 Å². The van der Waals surface area contributed by atoms with E-state index in [-0.39, 0.29) is 5.43 Å². The van der Waals surface area contributed by atoms with E-state index >= 15 is 0 Å². The van der Waals surface area contributed by atoms with Gasteiger partial charge in [-0.3, -0.25) is 4.79 Å². The maximum Gasteiger partial charge on any atom is 0.200 e. The van der Waals surface area contributed by atoms with E-state index in [2.05, 4.69) is 24.3 Å². The first-order valence-electron chi connectivity index (χ1n) is 9.44. The van der Waals surface area contributed by atoms with Crippen molar-refractivity contribution in [2.24, 2.45) is 0 Å². The SMILES string of the molecule is COc1ccc2c(=O)c3cc(-c4ccccc4)c(-c4ccccc4)cc3oc2c1. The molecule has 0 radical (unpaired) electrons. The highest BCUT2D eigenvalue weighted by molar-refractivity contribution is 5.98. The molecule has 1 aromatic heterocycles. The van der Waals surface area contributed by atoms with Gasteiger partial charge in [-0.15, -0.1) is 0 Å². The number of hydrogen-bond acceptors (Lipinski definition) is 3. The summed E-state index contributed by atoms with van der Waals surface area (Å²) in [4.78, 5) is 13.2. The zero-order chi connectivity index (χ0) is 19.8. The van der Waals surface area contributed by atoms with Crippen LogP contribution in [0, 0.1) is 0 Å². The zero-order valence-electron chi connectivity index (χ0n) is 15.9. The molecule has 0 fully saturated rings. The zero-order valence-corrected chi connectivity index (χ0v) is 15.9. The van der Waals surface area contributed by atoms with Gasteiger partial charge in [-0.2, -0.15) is 0 Å². The summed E-state index contributed by atoms with van der Waals surface area (Å²) in [7, 11) is 1.60. The van der Waals surface area contributed by atoms with E-state index in [1.165, 1.54) is 0 Å². The molecular weight excluding hydrogens is 360 g/mol. The van der Waals surface area contributed by atoms with Crippen molar-refractivity contribution < 1.29 is 9.15 Å². The third-order valence-electron chi connectivity index (χ3n) is 5.19. The number of ether oxygens (including phenoxy) is 1. The standard InChI is InChI=1S/C26H18O3/c1-28-19-12-13-20-24(14-19)29-25-16-22(18-10-6-3-7-11-18)21(15-23(25)26(20)27)17-8-4-2-5-9-17/h2-16H,1H3. The molecule has 0 saturated heterocycles. The van der Waals surface area contributed by atoms with Crippen LogP contribution in [0.1, 0.15) is 0 Å². The van der Waals surface area contributed by atoms with Crippen LogP contribution in [-0.4, -0.2) is 7.11 Å². The Hall–Kier alpha value is -3.85. The molecule has 5 rings (SSSR count). The van der Waals surface area contributed by atoms with Crippen LogP contribution >= 0.6 is 0 Å². The highest BCUT2D eigenvalue weighted by Crippen LogP contribution is 2.36. The molecule has 0 bridgehead atoms. The van der Waals surface area contributed by atoms with Gasteiger partial charge in [0.05, 0.1) is 17.9 Å². The summed E-state index contributed by atoms with van der Waals surface area (Å²) in [6.07, 6.45) is 0. The molecule has 1 heterocycles. The lowest BCUT2D eigenvalue weighted by Crippen LogP contribution is -2.03. The first-order chi connectivity index (χ1) is 14.2. The average molecular weight is 378 g/mol. The molecule has 0 aliphatic carbocycles. The molecule has 29 heavy (non-hydrogen) atoms. The van der Waals surface area contributed by atoms with E-state index in [0.717, 1.165) is 22.3 Å². The van der Waals surface area contributed by atoms with Crippen molar-refractivity contribution in [1.29, 1.82) is 0 Å². The number of fused-ring (bicyclic) bond motifs is 2. The molecule has 0 unspecified atom stereocenters. The van der Waals surface area contributed by atoms with Gasteiger partial charge in [0, 0.05) is 6.07 Å². The highest BCUT2D eigenvalue weighted by atomic mass is 16.5. The predicted molar refractivity (Wildman–Crippen MR) is 117 cm³/mol. The smallest absolute Gasteiger partial charge is 0.200 e. The summed E-state index contributed by atoms with van der Waals surface area (Å²) in [6, 6.07) is 29.5. The van der Waals surface area contributed by atoms with Crippen molar-refractivity contribution in [1.82, 2.24) is 0 Å². The molecule has 140 valence electrons. The minimum absolute atomic E-state index is 0.0410. The van der Waals surface area contributed by atoms with Crippen LogP contribution in [-0.2, 0) is 0 Å². The molecule has 4 aromatic carbocycles. The lowest BCUT2D eigenvalue weighted by atomic mass is 9.93. The Labute approximate surface area is 167 Å². The average Bonchev–Trinajstić information content (AvgIpc) is 2.79. The van der Waals surface area contributed by atoms with Gasteiger partial charge in [0.15, 0.2) is 0 Å². The van der Waals surface area contributed by atoms with E-state index in [0.29, 0.717) is 27.7 Å². The normalized spacial score (nSPS) is 11.1. The third-order valence-corrected chi connectivity index (χ3v) is 5.19. The number of rotatable bonds is 3. The van der Waals surface area contributed by atoms with Gasteiger partial charge in [-0.25, -0.2) is 0 Å². The van der Waals surface area contributed by atoms with E-state index < -0.39 is 0 Å². The van der Waals surface area contributed by atoms with Crippen molar-refractivity contribution in [3.05, 3.63) is 101 Å². The molecule has 3 nitrogen and oxygen atoms in total. The fraction of sp³-hybridized carbons (Fsp3) is 0.0385. The molecule has 0 spiro atoms. The van der Waals surface area contributed by atoms with Crippen molar-refractivity contribution >= 4 is 21.9 Å². The van der Waals surface area contributed by atoms with E-state index in [1.54, 1.807) is 25.3 Å². The van der Waals surface area contributed by atoms with Crippen LogP contribution in [0.25, 0.3) is 44.2 Å². The van der Waals surface area contributed by atoms with Gasteiger partial charge >= 0.3 is 0 Å². The summed E-state index contributed by atoms with van der Waals surface area (Å²) in [6.45, 7) is 0. The Morgan fingerprint density at radius 2 is 1.24 bits per heavy atom. The van der Waals surface area contributed by atoms with Crippen LogP contribution in [0.3, 0.4) is 0 Å². The van der Waals surface area contributed by atoms with Crippen molar-refractivity contribution in [2.45, 2.75) is 0 Å². The van der Waals surface area contributed by atoms with E-state index in [4.69, 9.17) is 9.15 Å². The third kappa shape index (κ3) is 2.97. The van der Waals surface area contributed by atoms with Gasteiger partial charge in [-0.05, 0) is 46.5 Å². The van der Waals surface area contributed by atoms with Crippen LogP contribution in [0.15, 0.2) is 100 Å². The van der Waals surface area contributed by atoms with Crippen LogP contribution in [0.2, 0.25) is 0 Å². The fourth-order valence-electron chi connectivity index (χ4n) is 3.72. The minimum Gasteiger partial charge on any atom is -0.497 e. The van der Waals surface area contributed by atoms with Crippen LogP contribution in [0.5, 0.6) is 5.75 Å². The maximum atomic E-state index is 13.2. The highest BCUT2D eigenvalue weighted by Gasteiger charge is 2.15. The lowest BCUT2D eigenvalue weighted by molar-refractivity contribution is 0.414. The Morgan fingerprint density at radius 3 is 1.86 bits per heavy atom. The van der Waals surface area contributed by atoms with Crippen LogP contribution in [0.4, 0.5) is 0 Å². The summed E-state index contributed by atoms with van der Waals surface area (Å²) >= 11 is 0. The number of benzene rings is 4. The monoisotopic (exact) mass is 378 g/mol. The number of methoxy groups -OCH3 is 1. The first kappa shape index (κ1) is 17.3. The molecule has 0 aliphatic heterocycles. The Morgan fingerprint density at radius 1 is 0.655 bits per heavy atom. The largest absolute Gasteiger partial charge is 0.497 e. The molecule has 0 N–H and O–H groups in total. The van der Waals surface area contributed by atoms with Gasteiger partial charge in [0.2, 0.25) is 5.43 Å². The Kier molecular flexibility index (Phi) is 4.14. The topological polar surface area (TPSA) is 39.4 Å². The Bertz CT molecular complexity index is 1380. The second-order valence-corrected chi connectivity index (χ2v) is 6.92. The second kappa shape index (κ2) is 6.95. The van der Waals surface area contributed by atoms with E-state index in [1.807, 2.05) is 48.5 Å². The first-order valence-corrected chi connectivity index (χ1v) is 9.44. The van der Waals surface area contributed by atoms with Crippen molar-refractivity contribution in [3.63, 3.8) is 0 Å². The predicted octanol–water partition coefficient (Wildman–Crippen LogP) is 6.29. The molecule has 0 aliphatic rings. The minimum atomic E-state index is -0.0410. The van der Waals surface area contributed by atoms with E-state index in [9.17, 15) is 4.79 Å². The number of hydrogen-bond donors (Lipinski definition) is 0. The van der Waals surface area contributed by atoms with Gasteiger partial charge < -0.3 is 9.15 Å². The summed E-state index contributed by atoms with van der Waals surface area (Å²) in [5, 5.41) is 1.12. The van der Waals surface area contributed by atoms with Gasteiger partial charge in [-0.1, -0.05) is 60.7 Å². The molecular formula is C26H18O3. The molecule has 0 atom stereocenters. The van der Waals surface area contributed by atoms with Gasteiger partial charge in [0.25, 0.3) is 0 Å². The molecule has 0 amide bonds. The molecule has 3 heteroatoms. The second-order valence-electron chi connectivity index (χ2n) is 6.92. The summed E-state index contributed by atoms with van der Waals surface area (Å²) in [5.41, 5.74) is 5.20. The molecule has 0 saturated carbocycles.